The van der Waals surface area contributed by atoms with E-state index in [0.29, 0.717) is 22.2 Å². The first-order valence-electron chi connectivity index (χ1n) is 14.9. The second-order valence-electron chi connectivity index (χ2n) is 15.0. The van der Waals surface area contributed by atoms with E-state index < -0.39 is 0 Å². The lowest BCUT2D eigenvalue weighted by Crippen LogP contribution is -2.66. The van der Waals surface area contributed by atoms with E-state index >= 15 is 0 Å². The van der Waals surface area contributed by atoms with Gasteiger partial charge >= 0.3 is 6.09 Å². The van der Waals surface area contributed by atoms with Crippen molar-refractivity contribution in [2.45, 2.75) is 125 Å². The van der Waals surface area contributed by atoms with E-state index in [2.05, 4.69) is 53.8 Å². The van der Waals surface area contributed by atoms with Crippen molar-refractivity contribution in [1.29, 1.82) is 0 Å². The summed E-state index contributed by atoms with van der Waals surface area (Å²) < 4.78 is 5.87. The van der Waals surface area contributed by atoms with Crippen LogP contribution in [0.3, 0.4) is 0 Å². The number of amides is 1. The number of carbonyl (C=O) groups excluding carboxylic acids is 1. The predicted octanol–water partition coefficient (Wildman–Crippen LogP) is 8.22. The Balaban J connectivity index is 1.37. The molecule has 5 aliphatic rings. The number of rotatable bonds is 5. The molecule has 0 radical (unpaired) electrons. The van der Waals surface area contributed by atoms with Gasteiger partial charge in [0.2, 0.25) is 0 Å². The second-order valence-corrected chi connectivity index (χ2v) is 15.0. The van der Waals surface area contributed by atoms with Gasteiger partial charge in [0.1, 0.15) is 6.10 Å². The van der Waals surface area contributed by atoms with Crippen LogP contribution in [-0.4, -0.2) is 18.7 Å². The number of hydrogen-bond acceptors (Lipinski definition) is 2. The molecule has 5 fully saturated rings. The van der Waals surface area contributed by atoms with Crippen molar-refractivity contribution in [3.8, 4) is 0 Å². The van der Waals surface area contributed by atoms with Crippen LogP contribution < -0.4 is 5.32 Å². The monoisotopic (exact) mass is 471 g/mol. The molecule has 1 amide bonds. The average Bonchev–Trinajstić information content (AvgIpc) is 3.05. The van der Waals surface area contributed by atoms with Gasteiger partial charge in [0.15, 0.2) is 0 Å². The van der Waals surface area contributed by atoms with Crippen LogP contribution in [-0.2, 0) is 4.74 Å². The third kappa shape index (κ3) is 3.44. The van der Waals surface area contributed by atoms with E-state index in [1.807, 2.05) is 0 Å². The van der Waals surface area contributed by atoms with Gasteiger partial charge in [0.25, 0.3) is 0 Å². The molecule has 0 aromatic carbocycles. The summed E-state index contributed by atoms with van der Waals surface area (Å²) in [6, 6.07) is 0. The van der Waals surface area contributed by atoms with E-state index in [1.165, 1.54) is 64.2 Å². The lowest BCUT2D eigenvalue weighted by Gasteiger charge is -2.68. The zero-order chi connectivity index (χ0) is 24.5. The van der Waals surface area contributed by atoms with E-state index in [1.54, 1.807) is 0 Å². The van der Waals surface area contributed by atoms with Gasteiger partial charge in [0, 0.05) is 12.0 Å². The summed E-state index contributed by atoms with van der Waals surface area (Å²) in [5.41, 5.74) is 1.50. The van der Waals surface area contributed by atoms with Crippen LogP contribution in [0.15, 0.2) is 0 Å². The normalized spacial score (nSPS) is 50.9. The molecule has 0 spiro atoms. The van der Waals surface area contributed by atoms with Crippen molar-refractivity contribution < 1.29 is 9.53 Å². The largest absolute Gasteiger partial charge is 0.446 e. The molecule has 0 aromatic heterocycles. The van der Waals surface area contributed by atoms with Crippen LogP contribution in [0.4, 0.5) is 4.79 Å². The fourth-order valence-corrected chi connectivity index (χ4v) is 11.2. The van der Waals surface area contributed by atoms with Crippen LogP contribution in [0, 0.1) is 57.2 Å². The molecule has 1 aliphatic heterocycles. The zero-order valence-electron chi connectivity index (χ0n) is 23.3. The van der Waals surface area contributed by atoms with Gasteiger partial charge in [-0.05, 0) is 103 Å². The molecule has 0 bridgehead atoms. The SMILES string of the molecule is CC(C)CCC[C@@H](C)[C@H]1CC[C@@]2(C)[C@@H]3CC[C@H]4[C@]5(C)CNC(=O)O[C@H]5CC[C@]4(C)[C@H]3CC[C@]12C. The Hall–Kier alpha value is -0.730. The van der Waals surface area contributed by atoms with Crippen LogP contribution in [0.5, 0.6) is 0 Å². The first-order valence-corrected chi connectivity index (χ1v) is 14.9. The highest BCUT2D eigenvalue weighted by molar-refractivity contribution is 5.68. The second kappa shape index (κ2) is 8.41. The van der Waals surface area contributed by atoms with Crippen LogP contribution in [0.2, 0.25) is 0 Å². The van der Waals surface area contributed by atoms with Crippen LogP contribution >= 0.6 is 0 Å². The minimum Gasteiger partial charge on any atom is -0.446 e. The number of alkyl carbamates (subject to hydrolysis) is 1. The highest BCUT2D eigenvalue weighted by Gasteiger charge is 2.68. The Bertz CT molecular complexity index is 794. The molecule has 194 valence electrons. The number of hydrogen-bond donors (Lipinski definition) is 1. The molecular formula is C31H53NO2. The Labute approximate surface area is 209 Å². The maximum atomic E-state index is 12.0. The van der Waals surface area contributed by atoms with Gasteiger partial charge in [-0.25, -0.2) is 4.79 Å². The Morgan fingerprint density at radius 3 is 2.32 bits per heavy atom. The molecule has 3 heteroatoms. The van der Waals surface area contributed by atoms with Gasteiger partial charge < -0.3 is 10.1 Å². The minimum atomic E-state index is -0.194. The maximum Gasteiger partial charge on any atom is 0.407 e. The minimum absolute atomic E-state index is 0.0939. The summed E-state index contributed by atoms with van der Waals surface area (Å²) >= 11 is 0. The van der Waals surface area contributed by atoms with Crippen molar-refractivity contribution in [3.05, 3.63) is 0 Å². The summed E-state index contributed by atoms with van der Waals surface area (Å²) in [5, 5.41) is 3.08. The highest BCUT2D eigenvalue weighted by Crippen LogP contribution is 2.74. The summed E-state index contributed by atoms with van der Waals surface area (Å²) in [5.74, 6) is 5.00. The van der Waals surface area contributed by atoms with E-state index in [4.69, 9.17) is 4.74 Å². The molecule has 1 saturated heterocycles. The molecule has 0 unspecified atom stereocenters. The Morgan fingerprint density at radius 2 is 1.59 bits per heavy atom. The highest BCUT2D eigenvalue weighted by atomic mass is 16.6. The third-order valence-electron chi connectivity index (χ3n) is 13.3. The quantitative estimate of drug-likeness (QED) is 0.438. The fourth-order valence-electron chi connectivity index (χ4n) is 11.2. The van der Waals surface area contributed by atoms with Crippen LogP contribution in [0.25, 0.3) is 0 Å². The lowest BCUT2D eigenvalue weighted by atomic mass is 9.37. The molecule has 4 aliphatic carbocycles. The number of carbonyl (C=O) groups is 1. The standard InChI is InChI=1S/C31H53NO2/c1-20(2)9-8-10-21(3)22-13-17-31(7)24-11-12-25-28(4,23(24)14-18-30(22,31)6)16-15-26-29(25,5)19-32-27(33)34-26/h20-26H,8-19H2,1-7H3,(H,32,33)/t21-,22-,23+,24-,25-,26+,28-,29+,30-,31+/m1/s1. The number of ether oxygens (including phenoxy) is 1. The molecule has 10 atom stereocenters. The molecule has 4 saturated carbocycles. The van der Waals surface area contributed by atoms with E-state index in [-0.39, 0.29) is 17.6 Å². The van der Waals surface area contributed by atoms with Gasteiger partial charge in [0.05, 0.1) is 0 Å². The first-order chi connectivity index (χ1) is 16.0. The predicted molar refractivity (Wildman–Crippen MR) is 139 cm³/mol. The van der Waals surface area contributed by atoms with Crippen LogP contribution in [0.1, 0.15) is 119 Å². The van der Waals surface area contributed by atoms with Gasteiger partial charge in [-0.3, -0.25) is 0 Å². The topological polar surface area (TPSA) is 38.3 Å². The smallest absolute Gasteiger partial charge is 0.407 e. The fraction of sp³-hybridized carbons (Fsp3) is 0.968. The number of nitrogens with one attached hydrogen (secondary N) is 1. The molecule has 3 nitrogen and oxygen atoms in total. The Morgan fingerprint density at radius 1 is 0.853 bits per heavy atom. The molecule has 34 heavy (non-hydrogen) atoms. The van der Waals surface area contributed by atoms with Crippen molar-refractivity contribution in [3.63, 3.8) is 0 Å². The summed E-state index contributed by atoms with van der Waals surface area (Å²) in [6.45, 7) is 18.7. The molecular weight excluding hydrogens is 418 g/mol. The van der Waals surface area contributed by atoms with Gasteiger partial charge in [-0.1, -0.05) is 67.7 Å². The lowest BCUT2D eigenvalue weighted by molar-refractivity contribution is -0.208. The Kier molecular flexibility index (Phi) is 6.17. The average molecular weight is 472 g/mol. The summed E-state index contributed by atoms with van der Waals surface area (Å²) in [4.78, 5) is 12.0. The van der Waals surface area contributed by atoms with Gasteiger partial charge in [-0.15, -0.1) is 0 Å². The molecule has 5 rings (SSSR count). The maximum absolute atomic E-state index is 12.0. The molecule has 1 N–H and O–H groups in total. The van der Waals surface area contributed by atoms with Gasteiger partial charge in [-0.2, -0.15) is 0 Å². The van der Waals surface area contributed by atoms with Crippen molar-refractivity contribution in [2.75, 3.05) is 6.54 Å². The zero-order valence-corrected chi connectivity index (χ0v) is 23.3. The van der Waals surface area contributed by atoms with E-state index in [9.17, 15) is 4.79 Å². The van der Waals surface area contributed by atoms with E-state index in [0.717, 1.165) is 42.6 Å². The number of fused-ring (bicyclic) bond motifs is 7. The molecule has 0 aromatic rings. The van der Waals surface area contributed by atoms with Crippen molar-refractivity contribution in [1.82, 2.24) is 5.32 Å². The third-order valence-corrected chi connectivity index (χ3v) is 13.3. The van der Waals surface area contributed by atoms with Crippen molar-refractivity contribution in [2.24, 2.45) is 57.2 Å². The summed E-state index contributed by atoms with van der Waals surface area (Å²) in [6.07, 6.45) is 14.9. The molecule has 1 heterocycles. The summed E-state index contributed by atoms with van der Waals surface area (Å²) in [7, 11) is 0. The first kappa shape index (κ1) is 24.9. The van der Waals surface area contributed by atoms with Crippen molar-refractivity contribution >= 4 is 6.09 Å².